The summed E-state index contributed by atoms with van der Waals surface area (Å²) in [5.41, 5.74) is 1.08. The molecule has 0 aliphatic carbocycles. The number of amidine groups is 1. The average molecular weight is 296 g/mol. The van der Waals surface area contributed by atoms with Gasteiger partial charge in [-0.2, -0.15) is 4.99 Å². The Balaban J connectivity index is 1.65. The zero-order valence-electron chi connectivity index (χ0n) is 10.4. The van der Waals surface area contributed by atoms with E-state index >= 15 is 0 Å². The van der Waals surface area contributed by atoms with Gasteiger partial charge in [-0.1, -0.05) is 35.5 Å². The Kier molecular flexibility index (Phi) is 3.66. The van der Waals surface area contributed by atoms with E-state index in [0.29, 0.717) is 5.75 Å². The molecule has 1 saturated heterocycles. The van der Waals surface area contributed by atoms with Gasteiger partial charge in [-0.3, -0.25) is 4.79 Å². The molecule has 19 heavy (non-hydrogen) atoms. The molecule has 1 aromatic carbocycles. The largest absolute Gasteiger partial charge is 0.367 e. The highest BCUT2D eigenvalue weighted by atomic mass is 35.5. The van der Waals surface area contributed by atoms with Gasteiger partial charge in [-0.25, -0.2) is 0 Å². The quantitative estimate of drug-likeness (QED) is 0.795. The predicted octanol–water partition coefficient (Wildman–Crippen LogP) is 2.09. The van der Waals surface area contributed by atoms with Gasteiger partial charge >= 0.3 is 0 Å². The van der Waals surface area contributed by atoms with Crippen molar-refractivity contribution in [1.82, 2.24) is 4.90 Å². The van der Waals surface area contributed by atoms with Crippen LogP contribution in [0.5, 0.6) is 0 Å². The molecule has 0 atom stereocenters. The molecule has 1 fully saturated rings. The number of para-hydroxylation sites is 1. The Hall–Kier alpha value is -1.20. The molecule has 3 rings (SSSR count). The number of hydrogen-bond acceptors (Lipinski definition) is 4. The monoisotopic (exact) mass is 295 g/mol. The van der Waals surface area contributed by atoms with Crippen LogP contribution in [0.1, 0.15) is 0 Å². The summed E-state index contributed by atoms with van der Waals surface area (Å²) in [5, 5.41) is 1.67. The summed E-state index contributed by atoms with van der Waals surface area (Å²) >= 11 is 7.75. The van der Waals surface area contributed by atoms with E-state index in [1.54, 1.807) is 0 Å². The number of thioether (sulfide) groups is 1. The number of amides is 1. The van der Waals surface area contributed by atoms with E-state index in [1.165, 1.54) is 11.8 Å². The van der Waals surface area contributed by atoms with Gasteiger partial charge in [0.1, 0.15) is 0 Å². The van der Waals surface area contributed by atoms with Gasteiger partial charge in [0.15, 0.2) is 5.17 Å². The summed E-state index contributed by atoms with van der Waals surface area (Å²) in [4.78, 5) is 19.7. The molecule has 0 N–H and O–H groups in total. The lowest BCUT2D eigenvalue weighted by atomic mass is 10.2. The van der Waals surface area contributed by atoms with Crippen molar-refractivity contribution in [3.63, 3.8) is 0 Å². The average Bonchev–Trinajstić information content (AvgIpc) is 2.86. The number of piperazine rings is 1. The number of carbonyl (C=O) groups excluding carboxylic acids is 1. The van der Waals surface area contributed by atoms with Crippen LogP contribution in [0.25, 0.3) is 0 Å². The molecule has 0 saturated carbocycles. The normalized spacial score (nSPS) is 19.8. The van der Waals surface area contributed by atoms with Gasteiger partial charge < -0.3 is 9.80 Å². The third-order valence-electron chi connectivity index (χ3n) is 3.29. The van der Waals surface area contributed by atoms with Crippen molar-refractivity contribution in [3.05, 3.63) is 29.3 Å². The second-order valence-corrected chi connectivity index (χ2v) is 5.85. The van der Waals surface area contributed by atoms with Gasteiger partial charge in [0, 0.05) is 26.2 Å². The highest BCUT2D eigenvalue weighted by Crippen LogP contribution is 2.27. The summed E-state index contributed by atoms with van der Waals surface area (Å²) in [6.45, 7) is 3.56. The van der Waals surface area contributed by atoms with Crippen LogP contribution in [0.4, 0.5) is 5.69 Å². The minimum absolute atomic E-state index is 0.0199. The number of rotatable bonds is 1. The third-order valence-corrected chi connectivity index (χ3v) is 4.61. The molecular weight excluding hydrogens is 282 g/mol. The van der Waals surface area contributed by atoms with Crippen molar-refractivity contribution in [3.8, 4) is 0 Å². The first kappa shape index (κ1) is 12.8. The standard InChI is InChI=1S/C13H14ClN3OS/c14-10-3-1-2-4-11(10)16-5-7-17(8-6-16)13-15-12(18)9-19-13/h1-4H,5-9H2. The number of halogens is 1. The van der Waals surface area contributed by atoms with Gasteiger partial charge in [0.2, 0.25) is 0 Å². The first-order valence-corrected chi connectivity index (χ1v) is 7.59. The summed E-state index contributed by atoms with van der Waals surface area (Å²) in [6, 6.07) is 7.91. The fraction of sp³-hybridized carbons (Fsp3) is 0.385. The Morgan fingerprint density at radius 2 is 1.79 bits per heavy atom. The summed E-state index contributed by atoms with van der Waals surface area (Å²) < 4.78 is 0. The van der Waals surface area contributed by atoms with E-state index < -0.39 is 0 Å². The highest BCUT2D eigenvalue weighted by molar-refractivity contribution is 8.14. The highest BCUT2D eigenvalue weighted by Gasteiger charge is 2.25. The molecule has 2 aliphatic rings. The first-order valence-electron chi connectivity index (χ1n) is 6.23. The molecular formula is C13H14ClN3OS. The molecule has 2 heterocycles. The van der Waals surface area contributed by atoms with E-state index in [4.69, 9.17) is 11.6 Å². The number of carbonyl (C=O) groups is 1. The molecule has 2 aliphatic heterocycles. The van der Waals surface area contributed by atoms with E-state index in [-0.39, 0.29) is 5.91 Å². The molecule has 6 heteroatoms. The van der Waals surface area contributed by atoms with Crippen LogP contribution in [0.15, 0.2) is 29.3 Å². The van der Waals surface area contributed by atoms with Crippen molar-refractivity contribution >= 4 is 40.1 Å². The van der Waals surface area contributed by atoms with Gasteiger partial charge in [-0.05, 0) is 12.1 Å². The number of benzene rings is 1. The van der Waals surface area contributed by atoms with Crippen LogP contribution in [-0.2, 0) is 4.79 Å². The molecule has 0 aromatic heterocycles. The Labute approximate surface area is 121 Å². The Morgan fingerprint density at radius 1 is 1.11 bits per heavy atom. The lowest BCUT2D eigenvalue weighted by Gasteiger charge is -2.37. The van der Waals surface area contributed by atoms with Crippen molar-refractivity contribution in [2.24, 2.45) is 4.99 Å². The number of anilines is 1. The molecule has 1 amide bonds. The summed E-state index contributed by atoms with van der Waals surface area (Å²) in [6.07, 6.45) is 0. The number of aliphatic imine (C=N–C) groups is 1. The summed E-state index contributed by atoms with van der Waals surface area (Å²) in [5.74, 6) is 0.466. The van der Waals surface area contributed by atoms with Crippen LogP contribution in [0.2, 0.25) is 5.02 Å². The SMILES string of the molecule is O=C1CSC(N2CCN(c3ccccc3Cl)CC2)=N1. The van der Waals surface area contributed by atoms with Crippen LogP contribution >= 0.6 is 23.4 Å². The Bertz CT molecular complexity index is 526. The van der Waals surface area contributed by atoms with Crippen LogP contribution in [0, 0.1) is 0 Å². The van der Waals surface area contributed by atoms with E-state index in [2.05, 4.69) is 14.8 Å². The fourth-order valence-corrected chi connectivity index (χ4v) is 3.41. The van der Waals surface area contributed by atoms with E-state index in [9.17, 15) is 4.79 Å². The van der Waals surface area contributed by atoms with Gasteiger partial charge in [-0.15, -0.1) is 0 Å². The molecule has 100 valence electrons. The molecule has 0 spiro atoms. The lowest BCUT2D eigenvalue weighted by Crippen LogP contribution is -2.47. The van der Waals surface area contributed by atoms with E-state index in [1.807, 2.05) is 24.3 Å². The van der Waals surface area contributed by atoms with Crippen LogP contribution < -0.4 is 4.90 Å². The second-order valence-electron chi connectivity index (χ2n) is 4.50. The topological polar surface area (TPSA) is 35.9 Å². The molecule has 0 radical (unpaired) electrons. The number of nitrogens with zero attached hydrogens (tertiary/aromatic N) is 3. The smallest absolute Gasteiger partial charge is 0.258 e. The van der Waals surface area contributed by atoms with Gasteiger partial charge in [0.05, 0.1) is 16.5 Å². The van der Waals surface area contributed by atoms with Crippen LogP contribution in [0.3, 0.4) is 0 Å². The Morgan fingerprint density at radius 3 is 2.42 bits per heavy atom. The van der Waals surface area contributed by atoms with Crippen molar-refractivity contribution in [2.75, 3.05) is 36.8 Å². The maximum atomic E-state index is 11.2. The van der Waals surface area contributed by atoms with Crippen molar-refractivity contribution in [2.45, 2.75) is 0 Å². The maximum Gasteiger partial charge on any atom is 0.258 e. The van der Waals surface area contributed by atoms with E-state index in [0.717, 1.165) is 42.1 Å². The van der Waals surface area contributed by atoms with Crippen molar-refractivity contribution < 1.29 is 4.79 Å². The van der Waals surface area contributed by atoms with Crippen LogP contribution in [-0.4, -0.2) is 47.9 Å². The minimum Gasteiger partial charge on any atom is -0.367 e. The first-order chi connectivity index (χ1) is 9.24. The second kappa shape index (κ2) is 5.43. The zero-order chi connectivity index (χ0) is 13.2. The molecule has 4 nitrogen and oxygen atoms in total. The predicted molar refractivity (Wildman–Crippen MR) is 80.1 cm³/mol. The zero-order valence-corrected chi connectivity index (χ0v) is 12.0. The maximum absolute atomic E-state index is 11.2. The lowest BCUT2D eigenvalue weighted by molar-refractivity contribution is -0.115. The molecule has 0 bridgehead atoms. The van der Waals surface area contributed by atoms with Crippen molar-refractivity contribution in [1.29, 1.82) is 0 Å². The molecule has 1 aromatic rings. The minimum atomic E-state index is -0.0199. The third kappa shape index (κ3) is 2.72. The fourth-order valence-electron chi connectivity index (χ4n) is 2.31. The summed E-state index contributed by atoms with van der Waals surface area (Å²) in [7, 11) is 0. The molecule has 0 unspecified atom stereocenters. The van der Waals surface area contributed by atoms with Gasteiger partial charge in [0.25, 0.3) is 5.91 Å². The number of hydrogen-bond donors (Lipinski definition) is 0.